The van der Waals surface area contributed by atoms with Crippen LogP contribution in [0.25, 0.3) is 15.5 Å². The zero-order chi connectivity index (χ0) is 18.1. The maximum Gasteiger partial charge on any atom is 0.259 e. The lowest BCUT2D eigenvalue weighted by Gasteiger charge is -2.11. The Hall–Kier alpha value is -3.26. The van der Waals surface area contributed by atoms with E-state index in [1.807, 2.05) is 43.3 Å². The Balaban J connectivity index is 1.55. The second-order valence-corrected chi connectivity index (χ2v) is 6.61. The number of hydrogen-bond acceptors (Lipinski definition) is 6. The molecule has 0 radical (unpaired) electrons. The number of methoxy groups -OCH3 is 1. The van der Waals surface area contributed by atoms with Crippen LogP contribution in [0.4, 0.5) is 5.69 Å². The van der Waals surface area contributed by atoms with Crippen LogP contribution in [0.15, 0.2) is 48.8 Å². The monoisotopic (exact) mass is 365 g/mol. The summed E-state index contributed by atoms with van der Waals surface area (Å²) in [7, 11) is 1.56. The molecule has 0 saturated carbocycles. The van der Waals surface area contributed by atoms with Crippen molar-refractivity contribution in [3.05, 3.63) is 59.9 Å². The molecule has 4 aromatic rings. The Morgan fingerprint density at radius 3 is 2.73 bits per heavy atom. The fourth-order valence-corrected chi connectivity index (χ4v) is 3.50. The second-order valence-electron chi connectivity index (χ2n) is 5.65. The first-order valence-electron chi connectivity index (χ1n) is 7.88. The van der Waals surface area contributed by atoms with Crippen molar-refractivity contribution in [1.29, 1.82) is 0 Å². The number of aryl methyl sites for hydroxylation is 1. The fraction of sp³-hybridized carbons (Fsp3) is 0.111. The lowest BCUT2D eigenvalue weighted by molar-refractivity contribution is 0.102. The van der Waals surface area contributed by atoms with E-state index in [0.29, 0.717) is 17.0 Å². The van der Waals surface area contributed by atoms with Gasteiger partial charge in [-0.05, 0) is 42.8 Å². The van der Waals surface area contributed by atoms with Crippen LogP contribution >= 0.6 is 11.3 Å². The Labute approximate surface area is 153 Å². The van der Waals surface area contributed by atoms with Gasteiger partial charge in [-0.2, -0.15) is 9.61 Å². The van der Waals surface area contributed by atoms with Crippen molar-refractivity contribution in [1.82, 2.24) is 19.8 Å². The summed E-state index contributed by atoms with van der Waals surface area (Å²) in [5.74, 6) is 0.374. The minimum atomic E-state index is -0.211. The average molecular weight is 365 g/mol. The van der Waals surface area contributed by atoms with Gasteiger partial charge in [0.2, 0.25) is 4.96 Å². The van der Waals surface area contributed by atoms with E-state index in [0.717, 1.165) is 21.1 Å². The van der Waals surface area contributed by atoms with E-state index in [1.165, 1.54) is 11.3 Å². The van der Waals surface area contributed by atoms with Crippen LogP contribution in [0.1, 0.15) is 15.9 Å². The first-order chi connectivity index (χ1) is 12.7. The van der Waals surface area contributed by atoms with Crippen LogP contribution in [0.2, 0.25) is 0 Å². The number of para-hydroxylation sites is 1. The number of fused-ring (bicyclic) bond motifs is 1. The van der Waals surface area contributed by atoms with Crippen LogP contribution in [0, 0.1) is 6.92 Å². The Morgan fingerprint density at radius 2 is 2.00 bits per heavy atom. The van der Waals surface area contributed by atoms with E-state index in [1.54, 1.807) is 24.0 Å². The predicted molar refractivity (Wildman–Crippen MR) is 99.8 cm³/mol. The molecule has 1 amide bonds. The number of ether oxygens (including phenoxy) is 1. The third kappa shape index (κ3) is 2.91. The van der Waals surface area contributed by atoms with Gasteiger partial charge in [0.05, 0.1) is 12.7 Å². The smallest absolute Gasteiger partial charge is 0.259 e. The number of amides is 1. The van der Waals surface area contributed by atoms with E-state index in [4.69, 9.17) is 4.74 Å². The highest BCUT2D eigenvalue weighted by Crippen LogP contribution is 2.27. The summed E-state index contributed by atoms with van der Waals surface area (Å²) >= 11 is 1.45. The molecule has 8 heteroatoms. The molecule has 0 unspecified atom stereocenters. The topological polar surface area (TPSA) is 81.4 Å². The first-order valence-corrected chi connectivity index (χ1v) is 8.69. The van der Waals surface area contributed by atoms with Gasteiger partial charge in [0.25, 0.3) is 5.91 Å². The standard InChI is InChI=1S/C18H15N5O2S/c1-11-4-3-5-14(15(11)25-2)16(24)20-13-8-6-12(7-9-13)17-22-23-10-19-21-18(23)26-17/h3-10H,1-2H3,(H,20,24). The zero-order valence-corrected chi connectivity index (χ0v) is 14.9. The quantitative estimate of drug-likeness (QED) is 0.599. The summed E-state index contributed by atoms with van der Waals surface area (Å²) in [4.78, 5) is 13.3. The molecule has 0 bridgehead atoms. The van der Waals surface area contributed by atoms with Crippen molar-refractivity contribution in [3.8, 4) is 16.3 Å². The molecular weight excluding hydrogens is 350 g/mol. The predicted octanol–water partition coefficient (Wildman–Crippen LogP) is 3.42. The van der Waals surface area contributed by atoms with Crippen LogP contribution in [-0.4, -0.2) is 32.8 Å². The maximum absolute atomic E-state index is 12.6. The number of anilines is 1. The third-order valence-corrected chi connectivity index (χ3v) is 4.90. The van der Waals surface area contributed by atoms with Crippen molar-refractivity contribution < 1.29 is 9.53 Å². The van der Waals surface area contributed by atoms with E-state index in [2.05, 4.69) is 20.6 Å². The van der Waals surface area contributed by atoms with Gasteiger partial charge in [-0.1, -0.05) is 23.5 Å². The van der Waals surface area contributed by atoms with Gasteiger partial charge in [0.1, 0.15) is 17.1 Å². The third-order valence-electron chi connectivity index (χ3n) is 3.94. The summed E-state index contributed by atoms with van der Waals surface area (Å²) in [6.45, 7) is 1.91. The van der Waals surface area contributed by atoms with Crippen molar-refractivity contribution in [2.45, 2.75) is 6.92 Å². The number of carbonyl (C=O) groups is 1. The Bertz CT molecular complexity index is 1060. The van der Waals surface area contributed by atoms with Crippen molar-refractivity contribution >= 4 is 27.9 Å². The number of aromatic nitrogens is 4. The molecule has 2 aromatic carbocycles. The average Bonchev–Trinajstić information content (AvgIpc) is 3.24. The molecule has 0 aliphatic heterocycles. The van der Waals surface area contributed by atoms with E-state index >= 15 is 0 Å². The van der Waals surface area contributed by atoms with Crippen molar-refractivity contribution in [2.75, 3.05) is 12.4 Å². The molecule has 2 heterocycles. The highest BCUT2D eigenvalue weighted by Gasteiger charge is 2.14. The molecule has 0 atom stereocenters. The van der Waals surface area contributed by atoms with Crippen LogP contribution in [0.3, 0.4) is 0 Å². The molecule has 7 nitrogen and oxygen atoms in total. The molecular formula is C18H15N5O2S. The first kappa shape index (κ1) is 16.2. The number of rotatable bonds is 4. The molecule has 0 saturated heterocycles. The van der Waals surface area contributed by atoms with Gasteiger partial charge < -0.3 is 10.1 Å². The Kier molecular flexibility index (Phi) is 4.10. The maximum atomic E-state index is 12.6. The molecule has 2 aromatic heterocycles. The van der Waals surface area contributed by atoms with Gasteiger partial charge in [-0.3, -0.25) is 4.79 Å². The normalized spacial score (nSPS) is 10.8. The number of nitrogens with one attached hydrogen (secondary N) is 1. The van der Waals surface area contributed by atoms with Crippen molar-refractivity contribution in [2.24, 2.45) is 0 Å². The summed E-state index contributed by atoms with van der Waals surface area (Å²) in [5, 5.41) is 15.9. The van der Waals surface area contributed by atoms with Gasteiger partial charge >= 0.3 is 0 Å². The summed E-state index contributed by atoms with van der Waals surface area (Å²) in [6.07, 6.45) is 1.57. The van der Waals surface area contributed by atoms with Gasteiger partial charge in [-0.25, -0.2) is 0 Å². The summed E-state index contributed by atoms with van der Waals surface area (Å²) in [5.41, 5.74) is 3.07. The number of hydrogen-bond donors (Lipinski definition) is 1. The SMILES string of the molecule is COc1c(C)cccc1C(=O)Nc1ccc(-c2nn3cnnc3s2)cc1. The second kappa shape index (κ2) is 6.57. The largest absolute Gasteiger partial charge is 0.496 e. The lowest BCUT2D eigenvalue weighted by atomic mass is 10.1. The molecule has 26 heavy (non-hydrogen) atoms. The van der Waals surface area contributed by atoms with Gasteiger partial charge in [0, 0.05) is 11.3 Å². The van der Waals surface area contributed by atoms with Crippen LogP contribution in [-0.2, 0) is 0 Å². The molecule has 0 fully saturated rings. The molecule has 0 aliphatic rings. The Morgan fingerprint density at radius 1 is 1.19 bits per heavy atom. The van der Waals surface area contributed by atoms with E-state index in [-0.39, 0.29) is 5.91 Å². The molecule has 130 valence electrons. The molecule has 1 N–H and O–H groups in total. The molecule has 0 spiro atoms. The minimum Gasteiger partial charge on any atom is -0.496 e. The summed E-state index contributed by atoms with van der Waals surface area (Å²) in [6, 6.07) is 13.0. The van der Waals surface area contributed by atoms with E-state index in [9.17, 15) is 4.79 Å². The minimum absolute atomic E-state index is 0.211. The van der Waals surface area contributed by atoms with Gasteiger partial charge in [-0.15, -0.1) is 10.2 Å². The van der Waals surface area contributed by atoms with Gasteiger partial charge in [0.15, 0.2) is 0 Å². The zero-order valence-electron chi connectivity index (χ0n) is 14.1. The highest BCUT2D eigenvalue weighted by molar-refractivity contribution is 7.19. The molecule has 0 aliphatic carbocycles. The summed E-state index contributed by atoms with van der Waals surface area (Å²) < 4.78 is 6.99. The van der Waals surface area contributed by atoms with Crippen LogP contribution < -0.4 is 10.1 Å². The molecule has 4 rings (SSSR count). The fourth-order valence-electron chi connectivity index (χ4n) is 2.67. The lowest BCUT2D eigenvalue weighted by Crippen LogP contribution is -2.13. The number of nitrogens with zero attached hydrogens (tertiary/aromatic N) is 4. The van der Waals surface area contributed by atoms with Crippen LogP contribution in [0.5, 0.6) is 5.75 Å². The number of carbonyl (C=O) groups excluding carboxylic acids is 1. The number of benzene rings is 2. The van der Waals surface area contributed by atoms with Crippen molar-refractivity contribution in [3.63, 3.8) is 0 Å². The highest BCUT2D eigenvalue weighted by atomic mass is 32.1. The van der Waals surface area contributed by atoms with E-state index < -0.39 is 0 Å².